The van der Waals surface area contributed by atoms with Gasteiger partial charge in [0.15, 0.2) is 0 Å². The topological polar surface area (TPSA) is 75.4 Å². The van der Waals surface area contributed by atoms with Gasteiger partial charge in [0.2, 0.25) is 5.75 Å². The van der Waals surface area contributed by atoms with E-state index in [0.717, 1.165) is 25.1 Å². The van der Waals surface area contributed by atoms with Gasteiger partial charge >= 0.3 is 5.69 Å². The molecule has 2 rings (SSSR count). The predicted octanol–water partition coefficient (Wildman–Crippen LogP) is 1.86. The number of hydrogen-bond donors (Lipinski definition) is 2. The van der Waals surface area contributed by atoms with Crippen LogP contribution in [0.15, 0.2) is 12.1 Å². The highest BCUT2D eigenvalue weighted by atomic mass is 19.1. The number of nitro benzene ring substituents is 1. The monoisotopic (exact) mass is 226 g/mol. The lowest BCUT2D eigenvalue weighted by molar-refractivity contribution is -0.386. The summed E-state index contributed by atoms with van der Waals surface area (Å²) in [4.78, 5) is 9.89. The van der Waals surface area contributed by atoms with Crippen molar-refractivity contribution in [2.75, 3.05) is 6.54 Å². The van der Waals surface area contributed by atoms with Crippen molar-refractivity contribution in [2.24, 2.45) is 0 Å². The SMILES string of the molecule is O=[N+]([O-])c1ccc(F)c([C@H]2CCCN2)c1O. The number of phenols is 1. The third-order valence-corrected chi connectivity index (χ3v) is 2.75. The summed E-state index contributed by atoms with van der Waals surface area (Å²) in [7, 11) is 0. The first kappa shape index (κ1) is 10.8. The highest BCUT2D eigenvalue weighted by molar-refractivity contribution is 5.52. The number of nitrogens with one attached hydrogen (secondary N) is 1. The molecule has 1 fully saturated rings. The van der Waals surface area contributed by atoms with Crippen molar-refractivity contribution < 1.29 is 14.4 Å². The summed E-state index contributed by atoms with van der Waals surface area (Å²) >= 11 is 0. The number of rotatable bonds is 2. The third-order valence-electron chi connectivity index (χ3n) is 2.75. The Morgan fingerprint density at radius 1 is 1.56 bits per heavy atom. The van der Waals surface area contributed by atoms with E-state index >= 15 is 0 Å². The van der Waals surface area contributed by atoms with Crippen molar-refractivity contribution in [1.29, 1.82) is 0 Å². The lowest BCUT2D eigenvalue weighted by atomic mass is 10.0. The average Bonchev–Trinajstić information content (AvgIpc) is 2.70. The number of phenolic OH excluding ortho intramolecular Hbond substituents is 1. The van der Waals surface area contributed by atoms with Crippen molar-refractivity contribution >= 4 is 5.69 Å². The normalized spacial score (nSPS) is 19.9. The quantitative estimate of drug-likeness (QED) is 0.596. The average molecular weight is 226 g/mol. The summed E-state index contributed by atoms with van der Waals surface area (Å²) in [5, 5.41) is 23.3. The van der Waals surface area contributed by atoms with Crippen LogP contribution in [0.1, 0.15) is 24.4 Å². The standard InChI is InChI=1S/C10H11FN2O3/c11-6-3-4-8(13(15)16)10(14)9(6)7-2-1-5-12-7/h3-4,7,12,14H,1-2,5H2/t7-/m1/s1. The van der Waals surface area contributed by atoms with Gasteiger partial charge in [-0.1, -0.05) is 0 Å². The molecule has 1 heterocycles. The van der Waals surface area contributed by atoms with E-state index < -0.39 is 22.2 Å². The van der Waals surface area contributed by atoms with Crippen LogP contribution >= 0.6 is 0 Å². The van der Waals surface area contributed by atoms with Crippen LogP contribution in [-0.2, 0) is 0 Å². The van der Waals surface area contributed by atoms with E-state index in [0.29, 0.717) is 6.42 Å². The molecule has 0 saturated carbocycles. The van der Waals surface area contributed by atoms with E-state index in [2.05, 4.69) is 5.32 Å². The fraction of sp³-hybridized carbons (Fsp3) is 0.400. The number of nitro groups is 1. The zero-order valence-corrected chi connectivity index (χ0v) is 8.44. The maximum absolute atomic E-state index is 13.5. The van der Waals surface area contributed by atoms with Crippen LogP contribution < -0.4 is 5.32 Å². The summed E-state index contributed by atoms with van der Waals surface area (Å²) in [5.41, 5.74) is -0.447. The molecule has 1 aromatic rings. The van der Waals surface area contributed by atoms with Gasteiger partial charge in [0.05, 0.1) is 10.5 Å². The molecule has 1 saturated heterocycles. The lowest BCUT2D eigenvalue weighted by Crippen LogP contribution is -2.14. The van der Waals surface area contributed by atoms with Crippen molar-refractivity contribution in [3.05, 3.63) is 33.6 Å². The number of benzene rings is 1. The second-order valence-corrected chi connectivity index (χ2v) is 3.73. The van der Waals surface area contributed by atoms with Crippen LogP contribution in [0.2, 0.25) is 0 Å². The third kappa shape index (κ3) is 1.71. The molecule has 0 spiro atoms. The fourth-order valence-corrected chi connectivity index (χ4v) is 1.98. The first-order chi connectivity index (χ1) is 7.61. The summed E-state index contributed by atoms with van der Waals surface area (Å²) < 4.78 is 13.5. The van der Waals surface area contributed by atoms with Gasteiger partial charge in [-0.25, -0.2) is 4.39 Å². The van der Waals surface area contributed by atoms with Gasteiger partial charge in [-0.15, -0.1) is 0 Å². The lowest BCUT2D eigenvalue weighted by Gasteiger charge is -2.13. The Labute approximate surface area is 91.0 Å². The highest BCUT2D eigenvalue weighted by Crippen LogP contribution is 2.38. The number of halogens is 1. The van der Waals surface area contributed by atoms with E-state index in [1.165, 1.54) is 0 Å². The van der Waals surface area contributed by atoms with Gasteiger partial charge in [-0.05, 0) is 25.5 Å². The molecule has 1 aliphatic heterocycles. The zero-order valence-electron chi connectivity index (χ0n) is 8.44. The summed E-state index contributed by atoms with van der Waals surface area (Å²) in [6.45, 7) is 0.728. The van der Waals surface area contributed by atoms with E-state index in [-0.39, 0.29) is 11.6 Å². The van der Waals surface area contributed by atoms with Crippen LogP contribution in [0.5, 0.6) is 5.75 Å². The summed E-state index contributed by atoms with van der Waals surface area (Å²) in [6.07, 6.45) is 1.54. The van der Waals surface area contributed by atoms with E-state index in [4.69, 9.17) is 0 Å². The van der Waals surface area contributed by atoms with Crippen molar-refractivity contribution in [2.45, 2.75) is 18.9 Å². The van der Waals surface area contributed by atoms with E-state index in [1.54, 1.807) is 0 Å². The van der Waals surface area contributed by atoms with Crippen LogP contribution in [0.3, 0.4) is 0 Å². The number of nitrogens with zero attached hydrogens (tertiary/aromatic N) is 1. The minimum atomic E-state index is -0.715. The molecule has 0 aromatic heterocycles. The van der Waals surface area contributed by atoms with Crippen LogP contribution in [0, 0.1) is 15.9 Å². The minimum Gasteiger partial charge on any atom is -0.502 e. The molecule has 0 bridgehead atoms. The van der Waals surface area contributed by atoms with Crippen LogP contribution in [0.4, 0.5) is 10.1 Å². The molecule has 16 heavy (non-hydrogen) atoms. The molecule has 0 radical (unpaired) electrons. The largest absolute Gasteiger partial charge is 0.502 e. The van der Waals surface area contributed by atoms with Crippen LogP contribution in [0.25, 0.3) is 0 Å². The Morgan fingerprint density at radius 3 is 2.88 bits per heavy atom. The Bertz CT molecular complexity index is 430. The molecule has 86 valence electrons. The smallest absolute Gasteiger partial charge is 0.311 e. The highest BCUT2D eigenvalue weighted by Gasteiger charge is 2.28. The maximum Gasteiger partial charge on any atom is 0.311 e. The van der Waals surface area contributed by atoms with Gasteiger partial charge < -0.3 is 10.4 Å². The van der Waals surface area contributed by atoms with Gasteiger partial charge in [0, 0.05) is 12.1 Å². The fourth-order valence-electron chi connectivity index (χ4n) is 1.98. The molecular formula is C10H11FN2O3. The van der Waals surface area contributed by atoms with Crippen molar-refractivity contribution in [1.82, 2.24) is 5.32 Å². The molecule has 1 aromatic carbocycles. The number of aromatic hydroxyl groups is 1. The molecule has 0 amide bonds. The van der Waals surface area contributed by atoms with Gasteiger partial charge in [-0.3, -0.25) is 10.1 Å². The first-order valence-electron chi connectivity index (χ1n) is 5.00. The number of hydrogen-bond acceptors (Lipinski definition) is 4. The molecular weight excluding hydrogens is 215 g/mol. The molecule has 0 unspecified atom stereocenters. The molecule has 6 heteroatoms. The molecule has 2 N–H and O–H groups in total. The van der Waals surface area contributed by atoms with E-state index in [9.17, 15) is 19.6 Å². The Hall–Kier alpha value is -1.69. The Kier molecular flexibility index (Phi) is 2.74. The van der Waals surface area contributed by atoms with E-state index in [1.807, 2.05) is 0 Å². The first-order valence-corrected chi connectivity index (χ1v) is 5.00. The minimum absolute atomic E-state index is 0.00620. The second kappa shape index (κ2) is 4.05. The molecule has 0 aliphatic carbocycles. The van der Waals surface area contributed by atoms with Crippen LogP contribution in [-0.4, -0.2) is 16.6 Å². The predicted molar refractivity (Wildman–Crippen MR) is 54.7 cm³/mol. The molecule has 1 atom stereocenters. The van der Waals surface area contributed by atoms with Gasteiger partial charge in [0.25, 0.3) is 0 Å². The summed E-state index contributed by atoms with van der Waals surface area (Å²) in [6, 6.07) is 1.66. The Balaban J connectivity index is 2.49. The van der Waals surface area contributed by atoms with Crippen molar-refractivity contribution in [3.8, 4) is 5.75 Å². The second-order valence-electron chi connectivity index (χ2n) is 3.73. The molecule has 5 nitrogen and oxygen atoms in total. The van der Waals surface area contributed by atoms with Crippen molar-refractivity contribution in [3.63, 3.8) is 0 Å². The maximum atomic E-state index is 13.5. The Morgan fingerprint density at radius 2 is 2.31 bits per heavy atom. The molecule has 1 aliphatic rings. The zero-order chi connectivity index (χ0) is 11.7. The van der Waals surface area contributed by atoms with Gasteiger partial charge in [-0.2, -0.15) is 0 Å². The van der Waals surface area contributed by atoms with Gasteiger partial charge in [0.1, 0.15) is 5.82 Å². The summed E-state index contributed by atoms with van der Waals surface area (Å²) in [5.74, 6) is -1.17.